The Morgan fingerprint density at radius 1 is 1.32 bits per heavy atom. The zero-order chi connectivity index (χ0) is 14.1. The van der Waals surface area contributed by atoms with E-state index in [0.717, 1.165) is 13.0 Å². The summed E-state index contributed by atoms with van der Waals surface area (Å²) in [5, 5.41) is 12.4. The Kier molecular flexibility index (Phi) is 7.98. The number of hydrogen-bond acceptors (Lipinski definition) is 3. The molecule has 0 saturated carbocycles. The second kappa shape index (κ2) is 9.26. The van der Waals surface area contributed by atoms with Crippen molar-refractivity contribution in [3.63, 3.8) is 0 Å². The fourth-order valence-electron chi connectivity index (χ4n) is 1.84. The van der Waals surface area contributed by atoms with E-state index in [1.807, 2.05) is 23.9 Å². The van der Waals surface area contributed by atoms with Crippen LogP contribution in [0.1, 0.15) is 36.0 Å². The van der Waals surface area contributed by atoms with Gasteiger partial charge >= 0.3 is 5.97 Å². The van der Waals surface area contributed by atoms with Crippen LogP contribution in [0.5, 0.6) is 0 Å². The zero-order valence-corrected chi connectivity index (χ0v) is 13.5. The number of thioether (sulfide) groups is 1. The summed E-state index contributed by atoms with van der Waals surface area (Å²) in [7, 11) is 0. The maximum absolute atomic E-state index is 11.2. The molecule has 1 rings (SSSR count). The molecule has 0 aromatic heterocycles. The van der Waals surface area contributed by atoms with Gasteiger partial charge in [-0.15, -0.1) is 0 Å². The summed E-state index contributed by atoms with van der Waals surface area (Å²) in [6.07, 6.45) is 6.89. The summed E-state index contributed by atoms with van der Waals surface area (Å²) in [5.74, 6) is 0.317. The third-order valence-corrected chi connectivity index (χ3v) is 4.18. The van der Waals surface area contributed by atoms with Gasteiger partial charge in [-0.2, -0.15) is 11.8 Å². The number of hydrogen-bond donors (Lipinski definition) is 2. The van der Waals surface area contributed by atoms with Crippen LogP contribution in [0.2, 0.25) is 0 Å². The average Bonchev–Trinajstić information content (AvgIpc) is 2.37. The number of carboxylic acid groups (broad SMARTS) is 1. The quantitative estimate of drug-likeness (QED) is 0.647. The van der Waals surface area contributed by atoms with Gasteiger partial charge in [0.1, 0.15) is 0 Å². The first kappa shape index (κ1) is 16.4. The molecular formula is C14H20BrNO2S. The normalized spacial score (nSPS) is 10.4. The maximum Gasteiger partial charge on any atom is 0.338 e. The van der Waals surface area contributed by atoms with Crippen molar-refractivity contribution in [2.24, 2.45) is 0 Å². The predicted molar refractivity (Wildman–Crippen MR) is 86.4 cm³/mol. The molecule has 2 N–H and O–H groups in total. The van der Waals surface area contributed by atoms with E-state index in [9.17, 15) is 9.90 Å². The van der Waals surface area contributed by atoms with E-state index in [-0.39, 0.29) is 0 Å². The van der Waals surface area contributed by atoms with Gasteiger partial charge in [0.05, 0.1) is 5.56 Å². The van der Waals surface area contributed by atoms with Crippen molar-refractivity contribution in [1.29, 1.82) is 0 Å². The Morgan fingerprint density at radius 3 is 2.74 bits per heavy atom. The fourth-order valence-corrected chi connectivity index (χ4v) is 2.87. The smallest absolute Gasteiger partial charge is 0.338 e. The second-order valence-electron chi connectivity index (χ2n) is 4.30. The molecule has 0 saturated heterocycles. The van der Waals surface area contributed by atoms with E-state index in [4.69, 9.17) is 0 Å². The molecule has 0 aliphatic rings. The van der Waals surface area contributed by atoms with Gasteiger partial charge in [0.2, 0.25) is 0 Å². The highest BCUT2D eigenvalue weighted by Gasteiger charge is 2.13. The lowest BCUT2D eigenvalue weighted by Gasteiger charge is -2.10. The Hall–Kier alpha value is -0.680. The van der Waals surface area contributed by atoms with Gasteiger partial charge in [-0.05, 0) is 52.9 Å². The van der Waals surface area contributed by atoms with Crippen molar-refractivity contribution in [1.82, 2.24) is 0 Å². The first-order valence-corrected chi connectivity index (χ1v) is 8.60. The first-order chi connectivity index (χ1) is 9.16. The molecule has 1 aromatic carbocycles. The van der Waals surface area contributed by atoms with Crippen molar-refractivity contribution < 1.29 is 9.90 Å². The van der Waals surface area contributed by atoms with Crippen LogP contribution in [0.4, 0.5) is 5.69 Å². The Morgan fingerprint density at radius 2 is 2.05 bits per heavy atom. The summed E-state index contributed by atoms with van der Waals surface area (Å²) in [6, 6.07) is 5.40. The molecule has 5 heteroatoms. The molecule has 0 unspecified atom stereocenters. The largest absolute Gasteiger partial charge is 0.478 e. The van der Waals surface area contributed by atoms with E-state index in [0.29, 0.717) is 15.7 Å². The first-order valence-electron chi connectivity index (χ1n) is 6.41. The molecule has 0 atom stereocenters. The molecule has 1 aromatic rings. The van der Waals surface area contributed by atoms with Crippen molar-refractivity contribution in [3.8, 4) is 0 Å². The third-order valence-electron chi connectivity index (χ3n) is 2.82. The molecule has 0 aliphatic heterocycles. The summed E-state index contributed by atoms with van der Waals surface area (Å²) in [5.41, 5.74) is 0.996. The average molecular weight is 346 g/mol. The summed E-state index contributed by atoms with van der Waals surface area (Å²) < 4.78 is 0.616. The second-order valence-corrected chi connectivity index (χ2v) is 6.14. The van der Waals surface area contributed by atoms with Gasteiger partial charge in [0.15, 0.2) is 0 Å². The Bertz CT molecular complexity index is 412. The van der Waals surface area contributed by atoms with E-state index in [2.05, 4.69) is 27.5 Å². The predicted octanol–water partition coefficient (Wildman–Crippen LogP) is 4.48. The third kappa shape index (κ3) is 5.87. The van der Waals surface area contributed by atoms with Crippen LogP contribution in [0.3, 0.4) is 0 Å². The maximum atomic E-state index is 11.2. The minimum atomic E-state index is -0.907. The molecule has 0 amide bonds. The highest BCUT2D eigenvalue weighted by atomic mass is 79.9. The number of aromatic carboxylic acids is 1. The van der Waals surface area contributed by atoms with Crippen LogP contribution in [0, 0.1) is 0 Å². The molecule has 0 aliphatic carbocycles. The van der Waals surface area contributed by atoms with Gasteiger partial charge in [0.25, 0.3) is 0 Å². The summed E-state index contributed by atoms with van der Waals surface area (Å²) in [4.78, 5) is 11.2. The lowest BCUT2D eigenvalue weighted by molar-refractivity contribution is 0.0697. The van der Waals surface area contributed by atoms with E-state index >= 15 is 0 Å². The van der Waals surface area contributed by atoms with E-state index in [1.165, 1.54) is 25.0 Å². The number of anilines is 1. The van der Waals surface area contributed by atoms with Crippen LogP contribution in [0.15, 0.2) is 22.7 Å². The fraction of sp³-hybridized carbons (Fsp3) is 0.500. The van der Waals surface area contributed by atoms with Gasteiger partial charge < -0.3 is 10.4 Å². The van der Waals surface area contributed by atoms with Crippen molar-refractivity contribution in [2.75, 3.05) is 23.9 Å². The van der Waals surface area contributed by atoms with E-state index < -0.39 is 5.97 Å². The number of carboxylic acids is 1. The van der Waals surface area contributed by atoms with Crippen LogP contribution in [-0.4, -0.2) is 29.6 Å². The molecule has 3 nitrogen and oxygen atoms in total. The number of carbonyl (C=O) groups is 1. The lowest BCUT2D eigenvalue weighted by Crippen LogP contribution is -2.08. The van der Waals surface area contributed by atoms with Crippen molar-refractivity contribution >= 4 is 39.3 Å². The van der Waals surface area contributed by atoms with Crippen molar-refractivity contribution in [3.05, 3.63) is 28.2 Å². The highest BCUT2D eigenvalue weighted by molar-refractivity contribution is 9.10. The summed E-state index contributed by atoms with van der Waals surface area (Å²) in [6.45, 7) is 0.815. The minimum Gasteiger partial charge on any atom is -0.478 e. The molecule has 106 valence electrons. The molecule has 0 fully saturated rings. The number of rotatable bonds is 9. The van der Waals surface area contributed by atoms with Crippen molar-refractivity contribution in [2.45, 2.75) is 25.7 Å². The highest BCUT2D eigenvalue weighted by Crippen LogP contribution is 2.24. The molecule has 0 bridgehead atoms. The Labute approximate surface area is 127 Å². The van der Waals surface area contributed by atoms with Gasteiger partial charge in [-0.1, -0.05) is 18.9 Å². The van der Waals surface area contributed by atoms with Crippen LogP contribution < -0.4 is 5.32 Å². The molecular weight excluding hydrogens is 326 g/mol. The van der Waals surface area contributed by atoms with Gasteiger partial charge in [0, 0.05) is 16.7 Å². The number of nitrogens with one attached hydrogen (secondary N) is 1. The van der Waals surface area contributed by atoms with Crippen LogP contribution in [-0.2, 0) is 0 Å². The zero-order valence-electron chi connectivity index (χ0n) is 11.1. The monoisotopic (exact) mass is 345 g/mol. The number of benzene rings is 1. The molecule has 19 heavy (non-hydrogen) atoms. The van der Waals surface area contributed by atoms with Crippen LogP contribution in [0.25, 0.3) is 0 Å². The topological polar surface area (TPSA) is 49.3 Å². The number of halogens is 1. The van der Waals surface area contributed by atoms with Gasteiger partial charge in [-0.3, -0.25) is 0 Å². The molecule has 0 radical (unpaired) electrons. The molecule has 0 heterocycles. The standard InChI is InChI=1S/C14H20BrNO2S/c1-19-10-5-3-2-4-9-16-12-8-6-7-11(15)13(12)14(17)18/h6-8,16H,2-5,9-10H2,1H3,(H,17,18). The number of unbranched alkanes of at least 4 members (excludes halogenated alkanes) is 3. The Balaban J connectivity index is 2.37. The van der Waals surface area contributed by atoms with Gasteiger partial charge in [-0.25, -0.2) is 4.79 Å². The van der Waals surface area contributed by atoms with Crippen LogP contribution >= 0.6 is 27.7 Å². The SMILES string of the molecule is CSCCCCCCNc1cccc(Br)c1C(=O)O. The summed E-state index contributed by atoms with van der Waals surface area (Å²) >= 11 is 5.16. The molecule has 0 spiro atoms. The lowest BCUT2D eigenvalue weighted by atomic mass is 10.1. The van der Waals surface area contributed by atoms with E-state index in [1.54, 1.807) is 6.07 Å². The minimum absolute atomic E-state index is 0.310.